The molecule has 0 unspecified atom stereocenters. The van der Waals surface area contributed by atoms with Crippen molar-refractivity contribution in [3.63, 3.8) is 0 Å². The number of hydrogen-bond donors (Lipinski definition) is 1. The molecule has 1 atom stereocenters. The first-order valence-corrected chi connectivity index (χ1v) is 10.7. The largest absolute Gasteiger partial charge is 0.342 e. The molecule has 1 N–H and O–H groups in total. The fraction of sp³-hybridized carbons (Fsp3) is 0.250. The molecular formula is C20H21FN4OS2. The van der Waals surface area contributed by atoms with E-state index in [1.165, 1.54) is 35.2 Å². The van der Waals surface area contributed by atoms with Crippen LogP contribution in [-0.2, 0) is 4.79 Å². The Balaban J connectivity index is 1.79. The lowest BCUT2D eigenvalue weighted by Crippen LogP contribution is -2.33. The first-order valence-electron chi connectivity index (χ1n) is 8.97. The van der Waals surface area contributed by atoms with Gasteiger partial charge in [0, 0.05) is 18.8 Å². The van der Waals surface area contributed by atoms with Gasteiger partial charge in [-0.2, -0.15) is 0 Å². The van der Waals surface area contributed by atoms with Gasteiger partial charge in [-0.25, -0.2) is 4.39 Å². The summed E-state index contributed by atoms with van der Waals surface area (Å²) >= 11 is 2.72. The summed E-state index contributed by atoms with van der Waals surface area (Å²) in [7, 11) is 0. The number of hydrogen-bond acceptors (Lipinski definition) is 6. The lowest BCUT2D eigenvalue weighted by molar-refractivity contribution is -0.130. The molecule has 3 aromatic rings. The Bertz CT molecular complexity index is 915. The SMILES string of the molecule is CCN(CC)C(=O)[C@@H](Sc1nnc(Nc2cccc(F)c2)s1)c1ccccc1. The second-order valence-corrected chi connectivity index (χ2v) is 8.26. The average Bonchev–Trinajstić information content (AvgIpc) is 3.14. The molecule has 3 rings (SSSR count). The van der Waals surface area contributed by atoms with Gasteiger partial charge in [-0.1, -0.05) is 59.5 Å². The molecule has 0 spiro atoms. The third kappa shape index (κ3) is 5.08. The molecule has 0 radical (unpaired) electrons. The maximum absolute atomic E-state index is 13.3. The second-order valence-electron chi connectivity index (χ2n) is 5.93. The van der Waals surface area contributed by atoms with E-state index in [1.54, 1.807) is 12.1 Å². The van der Waals surface area contributed by atoms with E-state index in [4.69, 9.17) is 0 Å². The lowest BCUT2D eigenvalue weighted by Gasteiger charge is -2.24. The van der Waals surface area contributed by atoms with Crippen molar-refractivity contribution in [1.82, 2.24) is 15.1 Å². The molecule has 1 heterocycles. The van der Waals surface area contributed by atoms with Crippen LogP contribution in [0.15, 0.2) is 58.9 Å². The number of likely N-dealkylation sites (N-methyl/N-ethyl adjacent to an activating group) is 1. The summed E-state index contributed by atoms with van der Waals surface area (Å²) in [6, 6.07) is 15.8. The molecule has 28 heavy (non-hydrogen) atoms. The number of carbonyl (C=O) groups is 1. The zero-order chi connectivity index (χ0) is 19.9. The van der Waals surface area contributed by atoms with Crippen LogP contribution >= 0.6 is 23.1 Å². The molecule has 1 amide bonds. The highest BCUT2D eigenvalue weighted by Crippen LogP contribution is 2.39. The number of aromatic nitrogens is 2. The van der Waals surface area contributed by atoms with Crippen LogP contribution in [0.25, 0.3) is 0 Å². The average molecular weight is 417 g/mol. The van der Waals surface area contributed by atoms with E-state index in [0.717, 1.165) is 5.56 Å². The van der Waals surface area contributed by atoms with Gasteiger partial charge < -0.3 is 10.2 Å². The molecule has 0 bridgehead atoms. The quantitative estimate of drug-likeness (QED) is 0.516. The van der Waals surface area contributed by atoms with Crippen molar-refractivity contribution in [3.05, 3.63) is 66.0 Å². The van der Waals surface area contributed by atoms with E-state index in [1.807, 2.05) is 49.1 Å². The van der Waals surface area contributed by atoms with Crippen molar-refractivity contribution >= 4 is 39.8 Å². The van der Waals surface area contributed by atoms with E-state index in [0.29, 0.717) is 28.2 Å². The first-order chi connectivity index (χ1) is 13.6. The fourth-order valence-corrected chi connectivity index (χ4v) is 4.74. The molecule has 146 valence electrons. The third-order valence-electron chi connectivity index (χ3n) is 4.10. The Kier molecular flexibility index (Phi) is 7.00. The zero-order valence-electron chi connectivity index (χ0n) is 15.6. The molecule has 0 saturated carbocycles. The van der Waals surface area contributed by atoms with E-state index >= 15 is 0 Å². The van der Waals surface area contributed by atoms with Crippen LogP contribution in [0.3, 0.4) is 0 Å². The highest BCUT2D eigenvalue weighted by Gasteiger charge is 2.27. The highest BCUT2D eigenvalue weighted by atomic mass is 32.2. The highest BCUT2D eigenvalue weighted by molar-refractivity contribution is 8.01. The topological polar surface area (TPSA) is 58.1 Å². The van der Waals surface area contributed by atoms with Gasteiger partial charge in [0.2, 0.25) is 11.0 Å². The van der Waals surface area contributed by atoms with Crippen LogP contribution in [0.5, 0.6) is 0 Å². The standard InChI is InChI=1S/C20H21FN4OS2/c1-3-25(4-2)18(26)17(14-9-6-5-7-10-14)27-20-24-23-19(28-20)22-16-12-8-11-15(21)13-16/h5-13,17H,3-4H2,1-2H3,(H,22,23)/t17-/m0/s1. The molecular weight excluding hydrogens is 395 g/mol. The molecule has 2 aromatic carbocycles. The van der Waals surface area contributed by atoms with Crippen LogP contribution in [0.1, 0.15) is 24.7 Å². The molecule has 0 saturated heterocycles. The Hall–Kier alpha value is -2.45. The van der Waals surface area contributed by atoms with Crippen LogP contribution in [0, 0.1) is 5.82 Å². The van der Waals surface area contributed by atoms with Gasteiger partial charge in [0.1, 0.15) is 11.1 Å². The van der Waals surface area contributed by atoms with E-state index in [2.05, 4.69) is 15.5 Å². The van der Waals surface area contributed by atoms with Crippen molar-refractivity contribution < 1.29 is 9.18 Å². The van der Waals surface area contributed by atoms with Crippen LogP contribution in [0.4, 0.5) is 15.2 Å². The van der Waals surface area contributed by atoms with Crippen molar-refractivity contribution in [2.45, 2.75) is 23.4 Å². The Morgan fingerprint density at radius 1 is 1.14 bits per heavy atom. The van der Waals surface area contributed by atoms with Crippen molar-refractivity contribution in [1.29, 1.82) is 0 Å². The van der Waals surface area contributed by atoms with Crippen LogP contribution in [0.2, 0.25) is 0 Å². The molecule has 5 nitrogen and oxygen atoms in total. The minimum atomic E-state index is -0.393. The number of amides is 1. The second kappa shape index (κ2) is 9.66. The number of rotatable bonds is 8. The Labute approximate surface area is 172 Å². The number of halogens is 1. The summed E-state index contributed by atoms with van der Waals surface area (Å²) in [5.74, 6) is -0.269. The van der Waals surface area contributed by atoms with E-state index in [-0.39, 0.29) is 11.7 Å². The van der Waals surface area contributed by atoms with Gasteiger partial charge in [-0.05, 0) is 37.6 Å². The number of carbonyl (C=O) groups excluding carboxylic acids is 1. The summed E-state index contributed by atoms with van der Waals surface area (Å²) in [4.78, 5) is 14.9. The molecule has 0 aliphatic heterocycles. The van der Waals surface area contributed by atoms with Crippen molar-refractivity contribution in [2.75, 3.05) is 18.4 Å². The van der Waals surface area contributed by atoms with Gasteiger partial charge in [0.05, 0.1) is 0 Å². The summed E-state index contributed by atoms with van der Waals surface area (Å²) in [6.07, 6.45) is 0. The van der Waals surface area contributed by atoms with Crippen molar-refractivity contribution in [3.8, 4) is 0 Å². The predicted molar refractivity (Wildman–Crippen MR) is 113 cm³/mol. The molecule has 8 heteroatoms. The lowest BCUT2D eigenvalue weighted by atomic mass is 10.1. The van der Waals surface area contributed by atoms with E-state index < -0.39 is 5.25 Å². The Morgan fingerprint density at radius 2 is 1.89 bits per heavy atom. The van der Waals surface area contributed by atoms with E-state index in [9.17, 15) is 9.18 Å². The molecule has 0 fully saturated rings. The van der Waals surface area contributed by atoms with Gasteiger partial charge in [-0.15, -0.1) is 10.2 Å². The van der Waals surface area contributed by atoms with Crippen molar-refractivity contribution in [2.24, 2.45) is 0 Å². The van der Waals surface area contributed by atoms with Gasteiger partial charge >= 0.3 is 0 Å². The number of nitrogens with zero attached hydrogens (tertiary/aromatic N) is 3. The van der Waals surface area contributed by atoms with Gasteiger partial charge in [0.15, 0.2) is 4.34 Å². The number of benzene rings is 2. The number of thioether (sulfide) groups is 1. The summed E-state index contributed by atoms with van der Waals surface area (Å²) in [6.45, 7) is 5.25. The summed E-state index contributed by atoms with van der Waals surface area (Å²) < 4.78 is 14.0. The minimum Gasteiger partial charge on any atom is -0.342 e. The normalized spacial score (nSPS) is 11.8. The van der Waals surface area contributed by atoms with Gasteiger partial charge in [-0.3, -0.25) is 4.79 Å². The minimum absolute atomic E-state index is 0.0519. The molecule has 1 aromatic heterocycles. The number of anilines is 2. The maximum atomic E-state index is 13.3. The summed E-state index contributed by atoms with van der Waals surface area (Å²) in [5.41, 5.74) is 1.53. The predicted octanol–water partition coefficient (Wildman–Crippen LogP) is 5.12. The zero-order valence-corrected chi connectivity index (χ0v) is 17.3. The Morgan fingerprint density at radius 3 is 2.57 bits per heavy atom. The smallest absolute Gasteiger partial charge is 0.240 e. The van der Waals surface area contributed by atoms with Gasteiger partial charge in [0.25, 0.3) is 0 Å². The fourth-order valence-electron chi connectivity index (χ4n) is 2.69. The molecule has 0 aliphatic rings. The number of nitrogens with one attached hydrogen (secondary N) is 1. The monoisotopic (exact) mass is 416 g/mol. The first kappa shape index (κ1) is 20.3. The van der Waals surface area contributed by atoms with Crippen LogP contribution in [-0.4, -0.2) is 34.1 Å². The summed E-state index contributed by atoms with van der Waals surface area (Å²) in [5, 5.41) is 11.5. The third-order valence-corrected chi connectivity index (χ3v) is 6.27. The molecule has 0 aliphatic carbocycles. The maximum Gasteiger partial charge on any atom is 0.240 e. The van der Waals surface area contributed by atoms with Crippen LogP contribution < -0.4 is 5.32 Å².